The van der Waals surface area contributed by atoms with Gasteiger partial charge in [-0.3, -0.25) is 4.79 Å². The molecule has 0 spiro atoms. The summed E-state index contributed by atoms with van der Waals surface area (Å²) >= 11 is 0. The van der Waals surface area contributed by atoms with E-state index in [4.69, 9.17) is 9.47 Å². The first-order valence-electron chi connectivity index (χ1n) is 9.00. The van der Waals surface area contributed by atoms with Gasteiger partial charge in [-0.15, -0.1) is 0 Å². The zero-order valence-electron chi connectivity index (χ0n) is 16.8. The summed E-state index contributed by atoms with van der Waals surface area (Å²) in [6.45, 7) is 9.73. The predicted octanol–water partition coefficient (Wildman–Crippen LogP) is 4.62. The maximum atomic E-state index is 12.6. The van der Waals surface area contributed by atoms with Gasteiger partial charge in [-0.25, -0.2) is 4.79 Å². The van der Waals surface area contributed by atoms with E-state index in [1.165, 1.54) is 7.11 Å². The van der Waals surface area contributed by atoms with Crippen molar-refractivity contribution in [2.24, 2.45) is 0 Å². The highest BCUT2D eigenvalue weighted by molar-refractivity contribution is 5.97. The van der Waals surface area contributed by atoms with Gasteiger partial charge in [0.15, 0.2) is 6.10 Å². The Balaban J connectivity index is 2.17. The molecule has 0 aliphatic heterocycles. The maximum Gasteiger partial charge on any atom is 0.337 e. The number of amides is 1. The van der Waals surface area contributed by atoms with E-state index in [0.717, 1.165) is 16.7 Å². The molecule has 0 saturated heterocycles. The molecule has 2 rings (SSSR count). The lowest BCUT2D eigenvalue weighted by molar-refractivity contribution is -0.122. The summed E-state index contributed by atoms with van der Waals surface area (Å²) in [5.74, 6) is 0.273. The third kappa shape index (κ3) is 5.09. The molecule has 0 aromatic heterocycles. The van der Waals surface area contributed by atoms with E-state index in [1.54, 1.807) is 25.1 Å². The van der Waals surface area contributed by atoms with Crippen LogP contribution in [-0.4, -0.2) is 25.1 Å². The summed E-state index contributed by atoms with van der Waals surface area (Å²) < 4.78 is 10.7. The number of esters is 1. The molecule has 1 atom stereocenters. The molecular formula is C22H27NO4. The van der Waals surface area contributed by atoms with E-state index in [1.807, 2.05) is 32.0 Å². The van der Waals surface area contributed by atoms with Crippen molar-refractivity contribution in [3.8, 4) is 5.75 Å². The van der Waals surface area contributed by atoms with Gasteiger partial charge < -0.3 is 14.8 Å². The van der Waals surface area contributed by atoms with Crippen LogP contribution in [0.1, 0.15) is 53.7 Å². The van der Waals surface area contributed by atoms with Crippen molar-refractivity contribution < 1.29 is 19.1 Å². The SMILES string of the molecule is COC(=O)c1ccc(C)c(NC(=O)[C@H](C)Oc2cc(C)ccc2C(C)C)c1. The van der Waals surface area contributed by atoms with Gasteiger partial charge in [0.1, 0.15) is 5.75 Å². The molecule has 0 fully saturated rings. The van der Waals surface area contributed by atoms with Crippen LogP contribution in [0.4, 0.5) is 5.69 Å². The summed E-state index contributed by atoms with van der Waals surface area (Å²) in [5, 5.41) is 2.84. The van der Waals surface area contributed by atoms with E-state index in [9.17, 15) is 9.59 Å². The lowest BCUT2D eigenvalue weighted by atomic mass is 10.0. The van der Waals surface area contributed by atoms with E-state index in [0.29, 0.717) is 17.0 Å². The van der Waals surface area contributed by atoms with Crippen molar-refractivity contribution in [2.75, 3.05) is 12.4 Å². The van der Waals surface area contributed by atoms with Crippen LogP contribution in [0.25, 0.3) is 0 Å². The Hall–Kier alpha value is -2.82. The summed E-state index contributed by atoms with van der Waals surface area (Å²) in [7, 11) is 1.32. The number of hydrogen-bond donors (Lipinski definition) is 1. The van der Waals surface area contributed by atoms with Crippen LogP contribution in [-0.2, 0) is 9.53 Å². The standard InChI is InChI=1S/C22H27NO4/c1-13(2)18-10-7-14(3)11-20(18)27-16(5)21(24)23-19-12-17(22(25)26-6)9-8-15(19)4/h7-13,16H,1-6H3,(H,23,24)/t16-/m0/s1. The third-order valence-electron chi connectivity index (χ3n) is 4.38. The molecule has 0 radical (unpaired) electrons. The second kappa shape index (κ2) is 8.71. The number of methoxy groups -OCH3 is 1. The van der Waals surface area contributed by atoms with Crippen molar-refractivity contribution in [1.82, 2.24) is 0 Å². The molecule has 27 heavy (non-hydrogen) atoms. The summed E-state index contributed by atoms with van der Waals surface area (Å²) in [6.07, 6.45) is -0.689. The summed E-state index contributed by atoms with van der Waals surface area (Å²) in [5.41, 5.74) is 3.92. The number of rotatable bonds is 6. The first-order valence-corrected chi connectivity index (χ1v) is 9.00. The molecule has 2 aromatic rings. The zero-order valence-corrected chi connectivity index (χ0v) is 16.8. The molecule has 0 unspecified atom stereocenters. The molecule has 144 valence electrons. The minimum Gasteiger partial charge on any atom is -0.481 e. The van der Waals surface area contributed by atoms with Gasteiger partial charge in [0.25, 0.3) is 5.91 Å². The fraction of sp³-hybridized carbons (Fsp3) is 0.364. The second-order valence-corrected chi connectivity index (χ2v) is 6.97. The van der Waals surface area contributed by atoms with E-state index < -0.39 is 12.1 Å². The van der Waals surface area contributed by atoms with Gasteiger partial charge >= 0.3 is 5.97 Å². The van der Waals surface area contributed by atoms with E-state index in [-0.39, 0.29) is 11.8 Å². The monoisotopic (exact) mass is 369 g/mol. The van der Waals surface area contributed by atoms with Crippen molar-refractivity contribution >= 4 is 17.6 Å². The van der Waals surface area contributed by atoms with Crippen LogP contribution in [0, 0.1) is 13.8 Å². The Bertz CT molecular complexity index is 842. The quantitative estimate of drug-likeness (QED) is 0.755. The molecule has 0 heterocycles. The average Bonchev–Trinajstić information content (AvgIpc) is 2.62. The molecule has 0 aliphatic rings. The lowest BCUT2D eigenvalue weighted by Gasteiger charge is -2.20. The minimum absolute atomic E-state index is 0.281. The van der Waals surface area contributed by atoms with Crippen molar-refractivity contribution in [1.29, 1.82) is 0 Å². The van der Waals surface area contributed by atoms with Crippen molar-refractivity contribution in [3.05, 3.63) is 58.7 Å². The summed E-state index contributed by atoms with van der Waals surface area (Å²) in [4.78, 5) is 24.3. The molecule has 1 amide bonds. The van der Waals surface area contributed by atoms with Gasteiger partial charge in [0, 0.05) is 5.69 Å². The largest absolute Gasteiger partial charge is 0.481 e. The highest BCUT2D eigenvalue weighted by Gasteiger charge is 2.19. The normalized spacial score (nSPS) is 11.8. The van der Waals surface area contributed by atoms with Gasteiger partial charge in [0.2, 0.25) is 0 Å². The van der Waals surface area contributed by atoms with Crippen LogP contribution in [0.15, 0.2) is 36.4 Å². The number of anilines is 1. The topological polar surface area (TPSA) is 64.6 Å². The van der Waals surface area contributed by atoms with Crippen LogP contribution in [0.5, 0.6) is 5.75 Å². The van der Waals surface area contributed by atoms with Gasteiger partial charge in [-0.2, -0.15) is 0 Å². The number of hydrogen-bond acceptors (Lipinski definition) is 4. The number of benzene rings is 2. The third-order valence-corrected chi connectivity index (χ3v) is 4.38. The number of carbonyl (C=O) groups is 2. The molecule has 0 saturated carbocycles. The van der Waals surface area contributed by atoms with Gasteiger partial charge in [-0.05, 0) is 61.6 Å². The Morgan fingerprint density at radius 1 is 1.00 bits per heavy atom. The molecule has 0 bridgehead atoms. The number of ether oxygens (including phenoxy) is 2. The average molecular weight is 369 g/mol. The first kappa shape index (κ1) is 20.5. The van der Waals surface area contributed by atoms with Gasteiger partial charge in [-0.1, -0.05) is 32.0 Å². The molecular weight excluding hydrogens is 342 g/mol. The Morgan fingerprint density at radius 3 is 2.33 bits per heavy atom. The number of aryl methyl sites for hydroxylation is 2. The molecule has 5 nitrogen and oxygen atoms in total. The van der Waals surface area contributed by atoms with Crippen molar-refractivity contribution in [2.45, 2.75) is 46.6 Å². The molecule has 2 aromatic carbocycles. The molecule has 0 aliphatic carbocycles. The van der Waals surface area contributed by atoms with Crippen LogP contribution in [0.2, 0.25) is 0 Å². The minimum atomic E-state index is -0.689. The Kier molecular flexibility index (Phi) is 6.61. The van der Waals surface area contributed by atoms with Crippen LogP contribution < -0.4 is 10.1 Å². The highest BCUT2D eigenvalue weighted by Crippen LogP contribution is 2.28. The van der Waals surface area contributed by atoms with E-state index >= 15 is 0 Å². The fourth-order valence-corrected chi connectivity index (χ4v) is 2.70. The fourth-order valence-electron chi connectivity index (χ4n) is 2.70. The van der Waals surface area contributed by atoms with Crippen LogP contribution >= 0.6 is 0 Å². The lowest BCUT2D eigenvalue weighted by Crippen LogP contribution is -2.30. The summed E-state index contributed by atoms with van der Waals surface area (Å²) in [6, 6.07) is 11.1. The smallest absolute Gasteiger partial charge is 0.337 e. The number of nitrogens with one attached hydrogen (secondary N) is 1. The maximum absolute atomic E-state index is 12.6. The second-order valence-electron chi connectivity index (χ2n) is 6.97. The van der Waals surface area contributed by atoms with E-state index in [2.05, 4.69) is 19.2 Å². The first-order chi connectivity index (χ1) is 12.7. The Morgan fingerprint density at radius 2 is 1.70 bits per heavy atom. The zero-order chi connectivity index (χ0) is 20.1. The van der Waals surface area contributed by atoms with Crippen molar-refractivity contribution in [3.63, 3.8) is 0 Å². The molecule has 5 heteroatoms. The molecule has 1 N–H and O–H groups in total. The number of carbonyl (C=O) groups excluding carboxylic acids is 2. The Labute approximate surface area is 160 Å². The van der Waals surface area contributed by atoms with Crippen LogP contribution in [0.3, 0.4) is 0 Å². The van der Waals surface area contributed by atoms with Gasteiger partial charge in [0.05, 0.1) is 12.7 Å². The highest BCUT2D eigenvalue weighted by atomic mass is 16.5. The predicted molar refractivity (Wildman–Crippen MR) is 107 cm³/mol.